The van der Waals surface area contributed by atoms with Crippen LogP contribution in [0.2, 0.25) is 0 Å². The molecule has 25 heavy (non-hydrogen) atoms. The zero-order valence-corrected chi connectivity index (χ0v) is 14.8. The van der Waals surface area contributed by atoms with Crippen LogP contribution in [0.15, 0.2) is 41.5 Å². The van der Waals surface area contributed by atoms with Crippen molar-refractivity contribution in [3.8, 4) is 0 Å². The zero-order valence-electron chi connectivity index (χ0n) is 14.0. The summed E-state index contributed by atoms with van der Waals surface area (Å²) in [6, 6.07) is 6.08. The Morgan fingerprint density at radius 1 is 1.32 bits per heavy atom. The van der Waals surface area contributed by atoms with Gasteiger partial charge in [-0.15, -0.1) is 10.2 Å². The molecule has 0 aliphatic heterocycles. The molecule has 0 saturated heterocycles. The Morgan fingerprint density at radius 3 is 3.00 bits per heavy atom. The lowest BCUT2D eigenvalue weighted by Gasteiger charge is -2.34. The SMILES string of the molecule is O=C(Nc1cccn2cnnc12)N(Cc1ccsc1)C1CCCCC1. The predicted molar refractivity (Wildman–Crippen MR) is 98.7 cm³/mol. The van der Waals surface area contributed by atoms with Gasteiger partial charge in [-0.2, -0.15) is 11.3 Å². The monoisotopic (exact) mass is 355 g/mol. The van der Waals surface area contributed by atoms with E-state index in [4.69, 9.17) is 0 Å². The van der Waals surface area contributed by atoms with E-state index in [9.17, 15) is 4.79 Å². The molecule has 1 saturated carbocycles. The van der Waals surface area contributed by atoms with E-state index in [-0.39, 0.29) is 6.03 Å². The zero-order chi connectivity index (χ0) is 17.1. The largest absolute Gasteiger partial charge is 0.322 e. The van der Waals surface area contributed by atoms with Crippen molar-refractivity contribution in [3.63, 3.8) is 0 Å². The van der Waals surface area contributed by atoms with Gasteiger partial charge in [0.1, 0.15) is 6.33 Å². The van der Waals surface area contributed by atoms with E-state index in [1.807, 2.05) is 23.2 Å². The lowest BCUT2D eigenvalue weighted by atomic mass is 9.94. The number of urea groups is 1. The second-order valence-corrected chi connectivity index (χ2v) is 7.25. The van der Waals surface area contributed by atoms with Crippen molar-refractivity contribution in [1.82, 2.24) is 19.5 Å². The lowest BCUT2D eigenvalue weighted by molar-refractivity contribution is 0.163. The summed E-state index contributed by atoms with van der Waals surface area (Å²) >= 11 is 1.67. The van der Waals surface area contributed by atoms with Crippen molar-refractivity contribution in [3.05, 3.63) is 47.0 Å². The van der Waals surface area contributed by atoms with Gasteiger partial charge in [0.05, 0.1) is 5.69 Å². The third-order valence-electron chi connectivity index (χ3n) is 4.77. The van der Waals surface area contributed by atoms with Gasteiger partial charge in [-0.3, -0.25) is 4.40 Å². The first kappa shape index (κ1) is 16.1. The number of hydrogen-bond donors (Lipinski definition) is 1. The maximum Gasteiger partial charge on any atom is 0.322 e. The number of pyridine rings is 1. The van der Waals surface area contributed by atoms with E-state index < -0.39 is 0 Å². The minimum Gasteiger partial charge on any atom is -0.317 e. The van der Waals surface area contributed by atoms with Crippen molar-refractivity contribution in [2.75, 3.05) is 5.32 Å². The Bertz CT molecular complexity index is 838. The Labute approximate surface area is 150 Å². The molecule has 3 aromatic heterocycles. The Morgan fingerprint density at radius 2 is 2.20 bits per heavy atom. The molecule has 0 radical (unpaired) electrons. The first-order valence-corrected chi connectivity index (χ1v) is 9.62. The molecule has 4 rings (SSSR count). The molecule has 130 valence electrons. The van der Waals surface area contributed by atoms with E-state index in [2.05, 4.69) is 32.3 Å². The highest BCUT2D eigenvalue weighted by Crippen LogP contribution is 2.26. The first-order valence-electron chi connectivity index (χ1n) is 8.68. The molecule has 7 heteroatoms. The van der Waals surface area contributed by atoms with Gasteiger partial charge < -0.3 is 10.2 Å². The number of carbonyl (C=O) groups excluding carboxylic acids is 1. The number of amides is 2. The fourth-order valence-electron chi connectivity index (χ4n) is 3.47. The molecule has 1 aliphatic rings. The quantitative estimate of drug-likeness (QED) is 0.764. The number of thiophene rings is 1. The van der Waals surface area contributed by atoms with Crippen molar-refractivity contribution in [1.29, 1.82) is 0 Å². The molecular weight excluding hydrogens is 334 g/mol. The van der Waals surface area contributed by atoms with E-state index in [0.29, 0.717) is 23.9 Å². The number of fused-ring (bicyclic) bond motifs is 1. The van der Waals surface area contributed by atoms with Crippen molar-refractivity contribution < 1.29 is 4.79 Å². The Hall–Kier alpha value is -2.41. The topological polar surface area (TPSA) is 62.5 Å². The number of hydrogen-bond acceptors (Lipinski definition) is 4. The smallest absolute Gasteiger partial charge is 0.317 e. The van der Waals surface area contributed by atoms with E-state index in [0.717, 1.165) is 12.8 Å². The number of anilines is 1. The van der Waals surface area contributed by atoms with E-state index in [1.165, 1.54) is 24.8 Å². The summed E-state index contributed by atoms with van der Waals surface area (Å²) in [4.78, 5) is 15.1. The molecule has 1 aliphatic carbocycles. The van der Waals surface area contributed by atoms with Crippen LogP contribution in [-0.2, 0) is 6.54 Å². The van der Waals surface area contributed by atoms with E-state index in [1.54, 1.807) is 22.1 Å². The van der Waals surface area contributed by atoms with Gasteiger partial charge in [0.15, 0.2) is 5.65 Å². The van der Waals surface area contributed by atoms with Gasteiger partial charge in [0.2, 0.25) is 0 Å². The fraction of sp³-hybridized carbons (Fsp3) is 0.389. The van der Waals surface area contributed by atoms with Crippen LogP contribution in [0.3, 0.4) is 0 Å². The molecule has 0 atom stereocenters. The Kier molecular flexibility index (Phi) is 4.65. The number of nitrogens with one attached hydrogen (secondary N) is 1. The van der Waals surface area contributed by atoms with Crippen LogP contribution in [0.5, 0.6) is 0 Å². The van der Waals surface area contributed by atoms with Crippen LogP contribution in [-0.4, -0.2) is 31.6 Å². The minimum atomic E-state index is -0.0609. The summed E-state index contributed by atoms with van der Waals surface area (Å²) in [5.74, 6) is 0. The number of aromatic nitrogens is 3. The average molecular weight is 355 g/mol. The second-order valence-electron chi connectivity index (χ2n) is 6.47. The van der Waals surface area contributed by atoms with Gasteiger partial charge in [0, 0.05) is 18.8 Å². The van der Waals surface area contributed by atoms with Crippen molar-refractivity contribution in [2.45, 2.75) is 44.7 Å². The van der Waals surface area contributed by atoms with Crippen LogP contribution in [0.25, 0.3) is 5.65 Å². The molecule has 2 amide bonds. The average Bonchev–Trinajstić information content (AvgIpc) is 3.32. The van der Waals surface area contributed by atoms with Crippen LogP contribution in [0, 0.1) is 0 Å². The van der Waals surface area contributed by atoms with Gasteiger partial charge in [-0.25, -0.2) is 4.79 Å². The third kappa shape index (κ3) is 3.51. The molecule has 1 N–H and O–H groups in total. The molecule has 6 nitrogen and oxygen atoms in total. The Balaban J connectivity index is 1.57. The number of rotatable bonds is 4. The van der Waals surface area contributed by atoms with Crippen LogP contribution in [0.1, 0.15) is 37.7 Å². The van der Waals surface area contributed by atoms with Crippen LogP contribution in [0.4, 0.5) is 10.5 Å². The normalized spacial score (nSPS) is 15.4. The summed E-state index contributed by atoms with van der Waals surface area (Å²) in [6.07, 6.45) is 9.31. The molecule has 3 aromatic rings. The highest BCUT2D eigenvalue weighted by Gasteiger charge is 2.26. The summed E-state index contributed by atoms with van der Waals surface area (Å²) in [6.45, 7) is 0.649. The lowest BCUT2D eigenvalue weighted by Crippen LogP contribution is -2.43. The maximum atomic E-state index is 13.1. The van der Waals surface area contributed by atoms with Crippen molar-refractivity contribution >= 4 is 28.7 Å². The molecule has 0 spiro atoms. The molecule has 1 fully saturated rings. The molecule has 3 heterocycles. The molecule has 0 unspecified atom stereocenters. The van der Waals surface area contributed by atoms with Gasteiger partial charge in [-0.05, 0) is 47.4 Å². The summed E-state index contributed by atoms with van der Waals surface area (Å²) in [5, 5.41) is 15.2. The number of carbonyl (C=O) groups is 1. The molecule has 0 bridgehead atoms. The van der Waals surface area contributed by atoms with Gasteiger partial charge in [0.25, 0.3) is 0 Å². The summed E-state index contributed by atoms with van der Waals surface area (Å²) in [7, 11) is 0. The first-order chi connectivity index (χ1) is 12.3. The van der Waals surface area contributed by atoms with Crippen LogP contribution >= 0.6 is 11.3 Å². The van der Waals surface area contributed by atoms with E-state index >= 15 is 0 Å². The molecule has 0 aromatic carbocycles. The second kappa shape index (κ2) is 7.23. The van der Waals surface area contributed by atoms with Crippen molar-refractivity contribution in [2.24, 2.45) is 0 Å². The van der Waals surface area contributed by atoms with Crippen LogP contribution < -0.4 is 5.32 Å². The summed E-state index contributed by atoms with van der Waals surface area (Å²) in [5.41, 5.74) is 2.54. The van der Waals surface area contributed by atoms with Gasteiger partial charge >= 0.3 is 6.03 Å². The minimum absolute atomic E-state index is 0.0609. The third-order valence-corrected chi connectivity index (χ3v) is 5.51. The van der Waals surface area contributed by atoms with Gasteiger partial charge in [-0.1, -0.05) is 19.3 Å². The number of nitrogens with zero attached hydrogens (tertiary/aromatic N) is 4. The summed E-state index contributed by atoms with van der Waals surface area (Å²) < 4.78 is 1.80. The maximum absolute atomic E-state index is 13.1. The predicted octanol–water partition coefficient (Wildman–Crippen LogP) is 4.16. The fourth-order valence-corrected chi connectivity index (χ4v) is 4.13. The standard InChI is InChI=1S/C18H21N5OS/c24-18(20-16-7-4-9-22-13-19-21-17(16)22)23(11-14-8-10-25-12-14)15-5-2-1-3-6-15/h4,7-10,12-13,15H,1-3,5-6,11H2,(H,20,24). The highest BCUT2D eigenvalue weighted by molar-refractivity contribution is 7.07. The molecular formula is C18H21N5OS. The highest BCUT2D eigenvalue weighted by atomic mass is 32.1.